The minimum atomic E-state index is -5.92. The molecule has 1 rings (SSSR count). The van der Waals surface area contributed by atoms with Gasteiger partial charge in [0.05, 0.1) is 7.11 Å². The molecule has 0 fully saturated rings. The summed E-state index contributed by atoms with van der Waals surface area (Å²) >= 11 is 0. The highest BCUT2D eigenvalue weighted by Crippen LogP contribution is 2.32. The molecule has 0 spiro atoms. The van der Waals surface area contributed by atoms with Crippen molar-refractivity contribution >= 4 is 10.2 Å². The second-order valence-corrected chi connectivity index (χ2v) is 3.84. The Labute approximate surface area is 86.7 Å². The molecule has 3 nitrogen and oxygen atoms in total. The fourth-order valence-electron chi connectivity index (χ4n) is 0.985. The average molecular weight is 262 g/mol. The van der Waals surface area contributed by atoms with Gasteiger partial charge in [-0.2, -0.15) is 17.2 Å². The van der Waals surface area contributed by atoms with Gasteiger partial charge in [-0.3, -0.25) is 0 Å². The molecule has 1 aromatic carbocycles. The molecule has 1 aromatic rings. The van der Waals surface area contributed by atoms with Crippen molar-refractivity contribution < 1.29 is 34.6 Å². The molecule has 0 aliphatic heterocycles. The van der Waals surface area contributed by atoms with Gasteiger partial charge in [-0.25, -0.2) is 8.78 Å². The Hall–Kier alpha value is -1.38. The molecule has 90 valence electrons. The quantitative estimate of drug-likeness (QED) is 0.464. The second kappa shape index (κ2) is 3.89. The molecule has 9 heteroatoms. The van der Waals surface area contributed by atoms with E-state index in [1.807, 2.05) is 0 Å². The predicted octanol–water partition coefficient (Wildman–Crippen LogP) is 1.91. The highest BCUT2D eigenvalue weighted by atomic mass is 32.3. The Morgan fingerprint density at radius 1 is 0.938 bits per heavy atom. The van der Waals surface area contributed by atoms with Crippen molar-refractivity contribution in [3.63, 3.8) is 0 Å². The zero-order valence-electron chi connectivity index (χ0n) is 7.52. The molecule has 0 heterocycles. The van der Waals surface area contributed by atoms with E-state index in [-0.39, 0.29) is 0 Å². The van der Waals surface area contributed by atoms with Crippen LogP contribution in [0.5, 0.6) is 5.75 Å². The first kappa shape index (κ1) is 12.7. The van der Waals surface area contributed by atoms with E-state index in [0.717, 1.165) is 0 Å². The molecular weight excluding hydrogens is 259 g/mol. The SMILES string of the molecule is COc1c(F)c(F)c(S(=O)(=O)F)c(F)c1F. The lowest BCUT2D eigenvalue weighted by molar-refractivity contribution is 0.321. The van der Waals surface area contributed by atoms with E-state index in [9.17, 15) is 29.9 Å². The molecule has 0 bridgehead atoms. The third kappa shape index (κ3) is 1.82. The van der Waals surface area contributed by atoms with Crippen LogP contribution in [-0.4, -0.2) is 15.5 Å². The maximum atomic E-state index is 12.9. The van der Waals surface area contributed by atoms with Crippen LogP contribution < -0.4 is 4.74 Å². The highest BCUT2D eigenvalue weighted by molar-refractivity contribution is 7.86. The third-order valence-electron chi connectivity index (χ3n) is 1.63. The maximum absolute atomic E-state index is 12.9. The molecule has 0 saturated heterocycles. The summed E-state index contributed by atoms with van der Waals surface area (Å²) in [5.41, 5.74) is 0. The summed E-state index contributed by atoms with van der Waals surface area (Å²) in [4.78, 5) is -2.32. The Kier molecular flexibility index (Phi) is 3.08. The van der Waals surface area contributed by atoms with Gasteiger partial charge in [-0.1, -0.05) is 0 Å². The van der Waals surface area contributed by atoms with E-state index in [0.29, 0.717) is 7.11 Å². The van der Waals surface area contributed by atoms with Crippen LogP contribution in [0.1, 0.15) is 0 Å². The van der Waals surface area contributed by atoms with E-state index in [1.165, 1.54) is 0 Å². The molecule has 16 heavy (non-hydrogen) atoms. The van der Waals surface area contributed by atoms with E-state index < -0.39 is 44.1 Å². The van der Waals surface area contributed by atoms with E-state index in [2.05, 4.69) is 4.74 Å². The van der Waals surface area contributed by atoms with E-state index >= 15 is 0 Å². The van der Waals surface area contributed by atoms with Gasteiger partial charge < -0.3 is 4.74 Å². The number of halogens is 5. The monoisotopic (exact) mass is 262 g/mol. The molecule has 0 unspecified atom stereocenters. The largest absolute Gasteiger partial charge is 0.491 e. The van der Waals surface area contributed by atoms with Crippen molar-refractivity contribution in [1.29, 1.82) is 0 Å². The fourth-order valence-corrected chi connectivity index (χ4v) is 1.59. The number of hydrogen-bond acceptors (Lipinski definition) is 3. The fraction of sp³-hybridized carbons (Fsp3) is 0.143. The van der Waals surface area contributed by atoms with Crippen LogP contribution in [0, 0.1) is 23.3 Å². The van der Waals surface area contributed by atoms with Crippen LogP contribution in [0.25, 0.3) is 0 Å². The highest BCUT2D eigenvalue weighted by Gasteiger charge is 2.33. The standard InChI is InChI=1S/C7H3F5O3S/c1-15-6-2(8)4(10)7(16(12,13)14)5(11)3(6)9/h1H3. The number of benzene rings is 1. The lowest BCUT2D eigenvalue weighted by Gasteiger charge is -2.07. The lowest BCUT2D eigenvalue weighted by Crippen LogP contribution is -2.08. The molecule has 0 aromatic heterocycles. The predicted molar refractivity (Wildman–Crippen MR) is 41.1 cm³/mol. The summed E-state index contributed by atoms with van der Waals surface area (Å²) < 4.78 is 88.4. The van der Waals surface area contributed by atoms with Crippen molar-refractivity contribution in [2.45, 2.75) is 4.90 Å². The first-order chi connectivity index (χ1) is 7.21. The van der Waals surface area contributed by atoms with Gasteiger partial charge in [0, 0.05) is 0 Å². The molecule has 0 radical (unpaired) electrons. The van der Waals surface area contributed by atoms with Crippen LogP contribution in [0.4, 0.5) is 21.4 Å². The molecule has 0 N–H and O–H groups in total. The van der Waals surface area contributed by atoms with E-state index in [1.54, 1.807) is 0 Å². The lowest BCUT2D eigenvalue weighted by atomic mass is 10.3. The summed E-state index contributed by atoms with van der Waals surface area (Å²) in [7, 11) is -5.22. The zero-order chi connectivity index (χ0) is 12.7. The molecule has 0 aliphatic rings. The zero-order valence-corrected chi connectivity index (χ0v) is 8.34. The number of rotatable bonds is 2. The third-order valence-corrected chi connectivity index (χ3v) is 2.48. The molecule has 0 amide bonds. The summed E-state index contributed by atoms with van der Waals surface area (Å²) in [5, 5.41) is 0. The minimum Gasteiger partial charge on any atom is -0.491 e. The first-order valence-electron chi connectivity index (χ1n) is 3.56. The van der Waals surface area contributed by atoms with Crippen LogP contribution in [0.15, 0.2) is 4.90 Å². The van der Waals surface area contributed by atoms with Crippen LogP contribution >= 0.6 is 0 Å². The van der Waals surface area contributed by atoms with Gasteiger partial charge in [0.25, 0.3) is 0 Å². The number of ether oxygens (including phenoxy) is 1. The molecule has 0 aliphatic carbocycles. The Morgan fingerprint density at radius 3 is 1.56 bits per heavy atom. The number of hydrogen-bond donors (Lipinski definition) is 0. The summed E-state index contributed by atoms with van der Waals surface area (Å²) in [6, 6.07) is 0. The molecule has 0 atom stereocenters. The van der Waals surface area contributed by atoms with Gasteiger partial charge in [0.15, 0.2) is 22.3 Å². The van der Waals surface area contributed by atoms with E-state index in [4.69, 9.17) is 0 Å². The van der Waals surface area contributed by atoms with Gasteiger partial charge in [-0.15, -0.1) is 3.89 Å². The van der Waals surface area contributed by atoms with Gasteiger partial charge >= 0.3 is 10.2 Å². The Bertz CT molecular complexity index is 510. The van der Waals surface area contributed by atoms with Crippen molar-refractivity contribution in [1.82, 2.24) is 0 Å². The molecule has 0 saturated carbocycles. The van der Waals surface area contributed by atoms with Crippen molar-refractivity contribution in [3.8, 4) is 5.75 Å². The van der Waals surface area contributed by atoms with Crippen molar-refractivity contribution in [3.05, 3.63) is 23.3 Å². The van der Waals surface area contributed by atoms with Crippen molar-refractivity contribution in [2.75, 3.05) is 7.11 Å². The summed E-state index contributed by atoms with van der Waals surface area (Å²) in [5.74, 6) is -10.5. The number of methoxy groups -OCH3 is 1. The van der Waals surface area contributed by atoms with Crippen LogP contribution in [0.2, 0.25) is 0 Å². The molecular formula is C7H3F5O3S. The van der Waals surface area contributed by atoms with Gasteiger partial charge in [0.1, 0.15) is 0 Å². The topological polar surface area (TPSA) is 43.4 Å². The first-order valence-corrected chi connectivity index (χ1v) is 4.94. The van der Waals surface area contributed by atoms with Crippen molar-refractivity contribution in [2.24, 2.45) is 0 Å². The van der Waals surface area contributed by atoms with Crippen LogP contribution in [-0.2, 0) is 10.2 Å². The minimum absolute atomic E-state index is 0.698. The second-order valence-electron chi connectivity index (χ2n) is 2.56. The normalized spacial score (nSPS) is 11.6. The van der Waals surface area contributed by atoms with Gasteiger partial charge in [0.2, 0.25) is 11.6 Å². The summed E-state index contributed by atoms with van der Waals surface area (Å²) in [6.07, 6.45) is 0. The smallest absolute Gasteiger partial charge is 0.338 e. The summed E-state index contributed by atoms with van der Waals surface area (Å²) in [6.45, 7) is 0. The Balaban J connectivity index is 3.82. The van der Waals surface area contributed by atoms with Crippen LogP contribution in [0.3, 0.4) is 0 Å². The maximum Gasteiger partial charge on any atom is 0.338 e. The average Bonchev–Trinajstić information content (AvgIpc) is 2.14. The Morgan fingerprint density at radius 2 is 1.31 bits per heavy atom. The van der Waals surface area contributed by atoms with Gasteiger partial charge in [-0.05, 0) is 0 Å².